The van der Waals surface area contributed by atoms with Crippen molar-refractivity contribution in [2.24, 2.45) is 31.6 Å². The highest BCUT2D eigenvalue weighted by Crippen LogP contribution is 2.35. The summed E-state index contributed by atoms with van der Waals surface area (Å²) in [5.41, 5.74) is 6.94. The predicted octanol–water partition coefficient (Wildman–Crippen LogP) is 0.755. The molecule has 5 nitrogen and oxygen atoms in total. The molecule has 0 aromatic heterocycles. The van der Waals surface area contributed by atoms with Crippen molar-refractivity contribution in [2.75, 3.05) is 0 Å². The van der Waals surface area contributed by atoms with Crippen LogP contribution in [0.1, 0.15) is 25.7 Å². The minimum absolute atomic E-state index is 0.360. The number of hydrogen-bond acceptors (Lipinski definition) is 5. The molecule has 5 heteroatoms. The van der Waals surface area contributed by atoms with Gasteiger partial charge in [-0.3, -0.25) is 5.73 Å². The number of fused-ring (bicyclic) bond motifs is 1. The molecule has 0 spiro atoms. The third-order valence-corrected chi connectivity index (χ3v) is 3.24. The molecule has 2 N–H and O–H groups in total. The van der Waals surface area contributed by atoms with Crippen LogP contribution in [-0.4, -0.2) is 29.9 Å². The topological polar surface area (TPSA) is 75.5 Å². The molecule has 0 aromatic carbocycles. The second-order valence-corrected chi connectivity index (χ2v) is 4.22. The number of rotatable bonds is 1. The Kier molecular flexibility index (Phi) is 1.82. The molecule has 78 valence electrons. The lowest BCUT2D eigenvalue weighted by Crippen LogP contribution is -2.46. The zero-order valence-electron chi connectivity index (χ0n) is 8.43. The van der Waals surface area contributed by atoms with Gasteiger partial charge in [-0.05, 0) is 12.8 Å². The Labute approximate surface area is 87.9 Å². The molecule has 0 radical (unpaired) electrons. The Morgan fingerprint density at radius 2 is 2.13 bits per heavy atom. The van der Waals surface area contributed by atoms with E-state index in [1.165, 1.54) is 19.2 Å². The van der Waals surface area contributed by atoms with Crippen LogP contribution in [0.2, 0.25) is 0 Å². The third-order valence-electron chi connectivity index (χ3n) is 3.24. The highest BCUT2D eigenvalue weighted by molar-refractivity contribution is 6.65. The van der Waals surface area contributed by atoms with Gasteiger partial charge in [0.05, 0.1) is 6.21 Å². The Morgan fingerprint density at radius 1 is 1.33 bits per heavy atom. The second kappa shape index (κ2) is 3.06. The first-order valence-electron chi connectivity index (χ1n) is 5.33. The molecule has 2 aliphatic heterocycles. The summed E-state index contributed by atoms with van der Waals surface area (Å²) in [6, 6.07) is 0. The summed E-state index contributed by atoms with van der Waals surface area (Å²) in [6.07, 6.45) is 7.89. The first-order valence-corrected chi connectivity index (χ1v) is 5.33. The first-order chi connectivity index (χ1) is 7.28. The van der Waals surface area contributed by atoms with Crippen molar-refractivity contribution in [3.63, 3.8) is 0 Å². The van der Waals surface area contributed by atoms with Crippen molar-refractivity contribution < 1.29 is 0 Å². The van der Waals surface area contributed by atoms with E-state index >= 15 is 0 Å². The van der Waals surface area contributed by atoms with Crippen LogP contribution < -0.4 is 5.73 Å². The molecule has 2 heterocycles. The van der Waals surface area contributed by atoms with Crippen LogP contribution in [0.3, 0.4) is 0 Å². The Balaban J connectivity index is 1.94. The van der Waals surface area contributed by atoms with E-state index in [1.807, 2.05) is 0 Å². The summed E-state index contributed by atoms with van der Waals surface area (Å²) in [4.78, 5) is 16.9. The fourth-order valence-corrected chi connectivity index (χ4v) is 2.36. The normalized spacial score (nSPS) is 34.2. The standard InChI is InChI=1S/C10H13N5/c11-10(7-3-1-2-4-7)14-5-8-9(15-10)13-6-12-8/h5-7H,1-4,11H2. The van der Waals surface area contributed by atoms with E-state index in [4.69, 9.17) is 5.73 Å². The van der Waals surface area contributed by atoms with E-state index in [1.54, 1.807) is 6.21 Å². The first kappa shape index (κ1) is 8.91. The molecule has 0 amide bonds. The van der Waals surface area contributed by atoms with Crippen LogP contribution in [0.5, 0.6) is 0 Å². The van der Waals surface area contributed by atoms with Crippen molar-refractivity contribution in [3.8, 4) is 0 Å². The lowest BCUT2D eigenvalue weighted by molar-refractivity contribution is 0.299. The highest BCUT2D eigenvalue weighted by atomic mass is 15.3. The van der Waals surface area contributed by atoms with Gasteiger partial charge in [0.25, 0.3) is 0 Å². The van der Waals surface area contributed by atoms with E-state index in [0.29, 0.717) is 11.8 Å². The molecular weight excluding hydrogens is 190 g/mol. The molecule has 3 aliphatic rings. The number of nitrogens with zero attached hydrogens (tertiary/aromatic N) is 4. The van der Waals surface area contributed by atoms with Crippen molar-refractivity contribution >= 4 is 24.1 Å². The van der Waals surface area contributed by atoms with Gasteiger partial charge in [-0.2, -0.15) is 0 Å². The average Bonchev–Trinajstić information content (AvgIpc) is 2.87. The highest BCUT2D eigenvalue weighted by Gasteiger charge is 2.38. The van der Waals surface area contributed by atoms with E-state index in [0.717, 1.165) is 18.6 Å². The summed E-state index contributed by atoms with van der Waals surface area (Å²) in [5.74, 6) is 0.213. The minimum Gasteiger partial charge on any atom is -0.288 e. The van der Waals surface area contributed by atoms with Crippen LogP contribution in [0.4, 0.5) is 0 Å². The fraction of sp³-hybridized carbons (Fsp3) is 0.600. The molecule has 15 heavy (non-hydrogen) atoms. The lowest BCUT2D eigenvalue weighted by atomic mass is 9.99. The van der Waals surface area contributed by atoms with Crippen LogP contribution >= 0.6 is 0 Å². The van der Waals surface area contributed by atoms with Gasteiger partial charge in [0.2, 0.25) is 5.79 Å². The molecule has 0 aromatic rings. The van der Waals surface area contributed by atoms with Gasteiger partial charge in [-0.1, -0.05) is 12.8 Å². The Morgan fingerprint density at radius 3 is 2.93 bits per heavy atom. The average molecular weight is 203 g/mol. The van der Waals surface area contributed by atoms with E-state index in [-0.39, 0.29) is 0 Å². The molecular formula is C10H13N5. The van der Waals surface area contributed by atoms with Gasteiger partial charge in [-0.25, -0.2) is 20.0 Å². The molecule has 1 unspecified atom stereocenters. The Hall–Kier alpha value is -1.36. The largest absolute Gasteiger partial charge is 0.288 e. The number of hydrogen-bond donors (Lipinski definition) is 1. The maximum Gasteiger partial charge on any atom is 0.207 e. The van der Waals surface area contributed by atoms with E-state index in [9.17, 15) is 0 Å². The summed E-state index contributed by atoms with van der Waals surface area (Å²) < 4.78 is 0. The summed E-state index contributed by atoms with van der Waals surface area (Å²) in [5, 5.41) is 0. The van der Waals surface area contributed by atoms with Crippen LogP contribution in [0.25, 0.3) is 0 Å². The van der Waals surface area contributed by atoms with Crippen molar-refractivity contribution in [1.82, 2.24) is 0 Å². The molecule has 1 aliphatic carbocycles. The monoisotopic (exact) mass is 203 g/mol. The molecule has 1 atom stereocenters. The minimum atomic E-state index is -0.785. The lowest BCUT2D eigenvalue weighted by Gasteiger charge is -2.29. The molecule has 0 saturated heterocycles. The summed E-state index contributed by atoms with van der Waals surface area (Å²) in [7, 11) is 0. The number of nitrogens with two attached hydrogens (primary N) is 1. The zero-order chi connectivity index (χ0) is 10.3. The quantitative estimate of drug-likeness (QED) is 0.671. The maximum atomic E-state index is 6.21. The van der Waals surface area contributed by atoms with E-state index in [2.05, 4.69) is 20.0 Å². The zero-order valence-corrected chi connectivity index (χ0v) is 8.43. The maximum absolute atomic E-state index is 6.21. The smallest absolute Gasteiger partial charge is 0.207 e. The fourth-order valence-electron chi connectivity index (χ4n) is 2.36. The van der Waals surface area contributed by atoms with Gasteiger partial charge in [0, 0.05) is 5.92 Å². The second-order valence-electron chi connectivity index (χ2n) is 4.22. The van der Waals surface area contributed by atoms with Crippen molar-refractivity contribution in [1.29, 1.82) is 0 Å². The number of aliphatic imine (C=N–C) groups is 4. The molecule has 1 saturated carbocycles. The van der Waals surface area contributed by atoms with Crippen LogP contribution in [0.15, 0.2) is 20.0 Å². The van der Waals surface area contributed by atoms with Gasteiger partial charge in [0.15, 0.2) is 5.84 Å². The van der Waals surface area contributed by atoms with Crippen LogP contribution in [-0.2, 0) is 0 Å². The van der Waals surface area contributed by atoms with Gasteiger partial charge >= 0.3 is 0 Å². The van der Waals surface area contributed by atoms with Gasteiger partial charge < -0.3 is 0 Å². The van der Waals surface area contributed by atoms with Crippen LogP contribution in [0, 0.1) is 5.92 Å². The van der Waals surface area contributed by atoms with Gasteiger partial charge in [0.1, 0.15) is 12.1 Å². The van der Waals surface area contributed by atoms with Crippen molar-refractivity contribution in [2.45, 2.75) is 31.5 Å². The molecule has 3 rings (SSSR count). The molecule has 1 fully saturated rings. The van der Waals surface area contributed by atoms with Crippen molar-refractivity contribution in [3.05, 3.63) is 0 Å². The predicted molar refractivity (Wildman–Crippen MR) is 60.7 cm³/mol. The Bertz CT molecular complexity index is 400. The SMILES string of the molecule is NC1(C2CCCC2)N=CC2=NC=NC2=N1. The van der Waals surface area contributed by atoms with Gasteiger partial charge in [-0.15, -0.1) is 0 Å². The number of amidine groups is 1. The third kappa shape index (κ3) is 1.34. The van der Waals surface area contributed by atoms with E-state index < -0.39 is 5.79 Å². The summed E-state index contributed by atoms with van der Waals surface area (Å²) >= 11 is 0. The summed E-state index contributed by atoms with van der Waals surface area (Å²) in [6.45, 7) is 0. The molecule has 0 bridgehead atoms.